The van der Waals surface area contributed by atoms with Gasteiger partial charge >= 0.3 is 17.8 Å². The Morgan fingerprint density at radius 3 is 1.95 bits per heavy atom. The molecule has 3 aliphatic rings. The van der Waals surface area contributed by atoms with Crippen LogP contribution >= 0.6 is 68.9 Å². The van der Waals surface area contributed by atoms with Crippen LogP contribution in [0.15, 0.2) is 81.2 Å². The highest BCUT2D eigenvalue weighted by atomic mass is 32.2. The van der Waals surface area contributed by atoms with Gasteiger partial charge in [-0.3, -0.25) is 0 Å². The Kier molecular flexibility index (Phi) is 6.98. The van der Waals surface area contributed by atoms with Crippen LogP contribution in [0.2, 0.25) is 0 Å². The molecule has 0 saturated carbocycles. The molecular formula is C29H18F6S6. The minimum Gasteiger partial charge on any atom is -0.194 e. The first-order valence-corrected chi connectivity index (χ1v) is 17.7. The van der Waals surface area contributed by atoms with Crippen LogP contribution in [0.1, 0.15) is 23.3 Å². The average Bonchev–Trinajstić information content (AvgIpc) is 3.79. The molecule has 2 atom stereocenters. The van der Waals surface area contributed by atoms with Crippen molar-refractivity contribution in [1.82, 2.24) is 0 Å². The third-order valence-corrected chi connectivity index (χ3v) is 14.5. The number of rotatable bonds is 6. The molecular weight excluding hydrogens is 655 g/mol. The number of hydrogen-bond donors (Lipinski definition) is 0. The second kappa shape index (κ2) is 10.2. The second-order valence-electron chi connectivity index (χ2n) is 9.71. The van der Waals surface area contributed by atoms with Gasteiger partial charge in [-0.05, 0) is 64.2 Å². The van der Waals surface area contributed by atoms with Crippen LogP contribution in [-0.2, 0) is 0 Å². The quantitative estimate of drug-likeness (QED) is 0.187. The molecule has 0 N–H and O–H groups in total. The van der Waals surface area contributed by atoms with E-state index < -0.39 is 28.9 Å². The molecule has 0 fully saturated rings. The predicted molar refractivity (Wildman–Crippen MR) is 165 cm³/mol. The fourth-order valence-corrected chi connectivity index (χ4v) is 11.9. The van der Waals surface area contributed by atoms with E-state index in [2.05, 4.69) is 0 Å². The van der Waals surface area contributed by atoms with Crippen LogP contribution in [0.3, 0.4) is 0 Å². The van der Waals surface area contributed by atoms with Crippen LogP contribution in [0.4, 0.5) is 26.3 Å². The van der Waals surface area contributed by atoms with Gasteiger partial charge in [-0.25, -0.2) is 0 Å². The van der Waals surface area contributed by atoms with Crippen LogP contribution in [0.5, 0.6) is 0 Å². The molecule has 0 aromatic carbocycles. The van der Waals surface area contributed by atoms with E-state index in [0.717, 1.165) is 16.2 Å². The first-order valence-electron chi connectivity index (χ1n) is 12.5. The highest BCUT2D eigenvalue weighted by Gasteiger charge is 2.80. The Labute approximate surface area is 256 Å². The van der Waals surface area contributed by atoms with E-state index >= 15 is 26.3 Å². The van der Waals surface area contributed by atoms with Crippen molar-refractivity contribution in [3.8, 4) is 19.5 Å². The van der Waals surface area contributed by atoms with E-state index in [1.54, 1.807) is 58.9 Å². The summed E-state index contributed by atoms with van der Waals surface area (Å²) in [6, 6.07) is 11.9. The van der Waals surface area contributed by atoms with E-state index in [1.165, 1.54) is 51.8 Å². The van der Waals surface area contributed by atoms with Crippen molar-refractivity contribution < 1.29 is 26.3 Å². The first-order chi connectivity index (χ1) is 19.6. The summed E-state index contributed by atoms with van der Waals surface area (Å²) in [4.78, 5) is 3.19. The van der Waals surface area contributed by atoms with Crippen LogP contribution in [0, 0.1) is 0 Å². The van der Waals surface area contributed by atoms with Gasteiger partial charge in [0.15, 0.2) is 0 Å². The minimum absolute atomic E-state index is 0.00802. The third-order valence-electron chi connectivity index (χ3n) is 7.31. The molecule has 4 aromatic rings. The Morgan fingerprint density at radius 2 is 1.34 bits per heavy atom. The summed E-state index contributed by atoms with van der Waals surface area (Å²) < 4.78 is 94.8. The van der Waals surface area contributed by atoms with E-state index in [1.807, 2.05) is 16.9 Å². The Hall–Kier alpha value is -1.70. The first kappa shape index (κ1) is 28.1. The number of thioether (sulfide) groups is 2. The largest absolute Gasteiger partial charge is 0.380 e. The summed E-state index contributed by atoms with van der Waals surface area (Å²) in [6.45, 7) is 0. The van der Waals surface area contributed by atoms with E-state index in [4.69, 9.17) is 0 Å². The normalized spacial score (nSPS) is 24.7. The lowest BCUT2D eigenvalue weighted by atomic mass is 9.90. The number of alkyl halides is 6. The van der Waals surface area contributed by atoms with E-state index in [9.17, 15) is 0 Å². The van der Waals surface area contributed by atoms with Gasteiger partial charge < -0.3 is 0 Å². The van der Waals surface area contributed by atoms with Crippen molar-refractivity contribution in [2.75, 3.05) is 0 Å². The van der Waals surface area contributed by atoms with Crippen molar-refractivity contribution in [2.45, 2.75) is 41.1 Å². The van der Waals surface area contributed by atoms with E-state index in [0.29, 0.717) is 30.8 Å². The van der Waals surface area contributed by atoms with Crippen molar-refractivity contribution in [1.29, 1.82) is 0 Å². The fourth-order valence-electron chi connectivity index (χ4n) is 5.41. The van der Waals surface area contributed by atoms with E-state index in [-0.39, 0.29) is 28.1 Å². The number of thiophene rings is 4. The predicted octanol–water partition coefficient (Wildman–Crippen LogP) is 11.9. The summed E-state index contributed by atoms with van der Waals surface area (Å²) in [7, 11) is 0. The Morgan fingerprint density at radius 1 is 0.707 bits per heavy atom. The molecule has 0 bridgehead atoms. The standard InChI is InChI=1S/C29H18F6S6/c30-27(31)23(15-13-21(17-5-1-9-36-17)40-25(15)19-7-3-11-38-19)24(28(32,33)29(27,34)35)16-14-22(18-6-2-10-37-18)41-26(16)20-8-4-12-39-20/h1-5,7-13,18,22H,6,14H2. The summed E-state index contributed by atoms with van der Waals surface area (Å²) in [5.41, 5.74) is -2.80. The van der Waals surface area contributed by atoms with Gasteiger partial charge in [0.25, 0.3) is 0 Å². The smallest absolute Gasteiger partial charge is 0.194 e. The van der Waals surface area contributed by atoms with Gasteiger partial charge in [0.2, 0.25) is 0 Å². The summed E-state index contributed by atoms with van der Waals surface area (Å²) in [6.07, 6.45) is 2.70. The molecule has 212 valence electrons. The maximum atomic E-state index is 16.0. The van der Waals surface area contributed by atoms with Gasteiger partial charge in [0.05, 0.1) is 4.88 Å². The lowest BCUT2D eigenvalue weighted by Crippen LogP contribution is -2.49. The topological polar surface area (TPSA) is 0 Å². The van der Waals surface area contributed by atoms with Crippen LogP contribution in [-0.4, -0.2) is 28.3 Å². The van der Waals surface area contributed by atoms with Crippen LogP contribution < -0.4 is 0 Å². The molecule has 7 rings (SSSR count). The van der Waals surface area contributed by atoms with Crippen molar-refractivity contribution in [3.05, 3.63) is 91.7 Å². The maximum Gasteiger partial charge on any atom is 0.380 e. The van der Waals surface area contributed by atoms with Gasteiger partial charge in [-0.1, -0.05) is 24.3 Å². The fraction of sp³-hybridized carbons (Fsp3) is 0.241. The zero-order valence-corrected chi connectivity index (χ0v) is 25.6. The molecule has 2 unspecified atom stereocenters. The molecule has 0 spiro atoms. The lowest BCUT2D eigenvalue weighted by Gasteiger charge is -2.26. The second-order valence-corrected chi connectivity index (χ2v) is 16.0. The molecule has 0 amide bonds. The number of allylic oxidation sites excluding steroid dienone is 4. The Bertz CT molecular complexity index is 1660. The SMILES string of the molecule is FC1(F)C(C2=C(c3cccs3)SC(C3CC=CS3)C2)=C(c2cc(-c3cccs3)sc2-c2cccs2)C(F)(F)C1(F)F. The van der Waals surface area contributed by atoms with Crippen molar-refractivity contribution in [2.24, 2.45) is 0 Å². The third kappa shape index (κ3) is 4.30. The zero-order valence-electron chi connectivity index (χ0n) is 20.7. The average molecular weight is 673 g/mol. The summed E-state index contributed by atoms with van der Waals surface area (Å²) in [5.74, 6) is -15.8. The van der Waals surface area contributed by atoms with Gasteiger partial charge in [0.1, 0.15) is 0 Å². The molecule has 0 radical (unpaired) electrons. The number of hydrogen-bond acceptors (Lipinski definition) is 6. The Balaban J connectivity index is 1.51. The zero-order chi connectivity index (χ0) is 28.6. The monoisotopic (exact) mass is 672 g/mol. The molecule has 41 heavy (non-hydrogen) atoms. The van der Waals surface area contributed by atoms with Gasteiger partial charge in [0, 0.05) is 51.6 Å². The molecule has 6 heterocycles. The van der Waals surface area contributed by atoms with Crippen molar-refractivity contribution >= 4 is 79.3 Å². The highest BCUT2D eigenvalue weighted by Crippen LogP contribution is 2.68. The minimum atomic E-state index is -5.59. The molecule has 4 aromatic heterocycles. The highest BCUT2D eigenvalue weighted by molar-refractivity contribution is 8.11. The van der Waals surface area contributed by atoms with Gasteiger partial charge in [-0.2, -0.15) is 26.3 Å². The molecule has 12 heteroatoms. The van der Waals surface area contributed by atoms with Crippen LogP contribution in [0.25, 0.3) is 30.0 Å². The summed E-state index contributed by atoms with van der Waals surface area (Å²) >= 11 is 7.98. The molecule has 0 saturated heterocycles. The van der Waals surface area contributed by atoms with Crippen molar-refractivity contribution in [3.63, 3.8) is 0 Å². The number of halogens is 6. The molecule has 0 nitrogen and oxygen atoms in total. The molecule has 2 aliphatic heterocycles. The lowest BCUT2D eigenvalue weighted by molar-refractivity contribution is -0.259. The maximum absolute atomic E-state index is 16.0. The molecule has 1 aliphatic carbocycles. The summed E-state index contributed by atoms with van der Waals surface area (Å²) in [5, 5.41) is 7.11. The van der Waals surface area contributed by atoms with Gasteiger partial charge in [-0.15, -0.1) is 68.9 Å².